The summed E-state index contributed by atoms with van der Waals surface area (Å²) in [5.74, 6) is 2.00. The highest BCUT2D eigenvalue weighted by molar-refractivity contribution is 9.10. The van der Waals surface area contributed by atoms with Gasteiger partial charge in [0.1, 0.15) is 5.75 Å². The molecule has 0 aliphatic heterocycles. The Morgan fingerprint density at radius 2 is 2.14 bits per heavy atom. The van der Waals surface area contributed by atoms with Gasteiger partial charge in [-0.1, -0.05) is 11.8 Å². The van der Waals surface area contributed by atoms with Crippen LogP contribution in [0, 0.1) is 0 Å². The summed E-state index contributed by atoms with van der Waals surface area (Å²) in [6, 6.07) is 5.67. The Labute approximate surface area is 139 Å². The van der Waals surface area contributed by atoms with E-state index in [-0.39, 0.29) is 5.95 Å². The first-order valence-electron chi connectivity index (χ1n) is 6.49. The lowest BCUT2D eigenvalue weighted by Crippen LogP contribution is -2.04. The molecular formula is C13H13BrN6OS. The molecule has 1 aromatic carbocycles. The molecule has 0 amide bonds. The molecule has 0 aliphatic rings. The highest BCUT2D eigenvalue weighted by atomic mass is 79.9. The number of thioether (sulfide) groups is 1. The average Bonchev–Trinajstić information content (AvgIpc) is 2.94. The number of fused-ring (bicyclic) bond motifs is 1. The highest BCUT2D eigenvalue weighted by Crippen LogP contribution is 2.29. The smallest absolute Gasteiger partial charge is 0.258 e. The Kier molecular flexibility index (Phi) is 4.16. The van der Waals surface area contributed by atoms with Gasteiger partial charge in [-0.25, -0.2) is 0 Å². The predicted octanol–water partition coefficient (Wildman–Crippen LogP) is 2.65. The number of hydrogen-bond donors (Lipinski definition) is 1. The van der Waals surface area contributed by atoms with Crippen LogP contribution < -0.4 is 10.5 Å². The standard InChI is InChI=1S/C13H13BrN6OS/c1-3-21-9-5-4-7(6-8(9)14)10-16-12-18-13(22-2)17-11(15)20(12)19-10/h4-6H,3H2,1-2H3,(H2,15,16,17,18,19). The van der Waals surface area contributed by atoms with Crippen LogP contribution in [0.2, 0.25) is 0 Å². The Bertz CT molecular complexity index is 837. The molecule has 3 aromatic rings. The molecule has 0 saturated carbocycles. The molecule has 0 atom stereocenters. The van der Waals surface area contributed by atoms with Crippen molar-refractivity contribution in [1.82, 2.24) is 24.6 Å². The van der Waals surface area contributed by atoms with Gasteiger partial charge in [0, 0.05) is 5.56 Å². The first kappa shape index (κ1) is 15.0. The molecule has 0 spiro atoms. The molecule has 3 rings (SSSR count). The summed E-state index contributed by atoms with van der Waals surface area (Å²) in [5, 5.41) is 4.93. The number of rotatable bonds is 4. The minimum absolute atomic E-state index is 0.262. The van der Waals surface area contributed by atoms with E-state index in [1.54, 1.807) is 0 Å². The van der Waals surface area contributed by atoms with E-state index in [1.807, 2.05) is 31.4 Å². The lowest BCUT2D eigenvalue weighted by Gasteiger charge is -2.06. The van der Waals surface area contributed by atoms with E-state index in [0.29, 0.717) is 23.4 Å². The van der Waals surface area contributed by atoms with Crippen LogP contribution in [0.25, 0.3) is 17.2 Å². The Balaban J connectivity index is 2.06. The number of benzene rings is 1. The molecule has 0 aliphatic carbocycles. The number of nitrogens with two attached hydrogens (primary N) is 1. The number of ether oxygens (including phenoxy) is 1. The van der Waals surface area contributed by atoms with Gasteiger partial charge < -0.3 is 10.5 Å². The topological polar surface area (TPSA) is 91.2 Å². The van der Waals surface area contributed by atoms with E-state index in [1.165, 1.54) is 16.3 Å². The van der Waals surface area contributed by atoms with Gasteiger partial charge in [-0.15, -0.1) is 5.10 Å². The quantitative estimate of drug-likeness (QED) is 0.695. The number of hydrogen-bond acceptors (Lipinski definition) is 7. The molecule has 0 fully saturated rings. The number of anilines is 1. The maximum atomic E-state index is 5.88. The molecule has 9 heteroatoms. The summed E-state index contributed by atoms with van der Waals surface area (Å²) in [6.45, 7) is 2.54. The first-order valence-corrected chi connectivity index (χ1v) is 8.51. The number of nitrogen functional groups attached to an aromatic ring is 1. The zero-order valence-electron chi connectivity index (χ0n) is 11.9. The first-order chi connectivity index (χ1) is 10.6. The second-order valence-corrected chi connectivity index (χ2v) is 5.92. The predicted molar refractivity (Wildman–Crippen MR) is 89.1 cm³/mol. The van der Waals surface area contributed by atoms with Crippen molar-refractivity contribution in [3.8, 4) is 17.1 Å². The highest BCUT2D eigenvalue weighted by Gasteiger charge is 2.13. The molecule has 7 nitrogen and oxygen atoms in total. The van der Waals surface area contributed by atoms with Crippen molar-refractivity contribution in [1.29, 1.82) is 0 Å². The Morgan fingerprint density at radius 1 is 1.32 bits per heavy atom. The minimum Gasteiger partial charge on any atom is -0.493 e. The van der Waals surface area contributed by atoms with Crippen molar-refractivity contribution in [2.75, 3.05) is 18.6 Å². The van der Waals surface area contributed by atoms with Crippen LogP contribution in [-0.2, 0) is 0 Å². The normalized spacial score (nSPS) is 11.0. The summed E-state index contributed by atoms with van der Waals surface area (Å²) in [5.41, 5.74) is 6.72. The molecule has 2 N–H and O–H groups in total. The van der Waals surface area contributed by atoms with Gasteiger partial charge in [-0.3, -0.25) is 0 Å². The largest absolute Gasteiger partial charge is 0.493 e. The third kappa shape index (κ3) is 2.73. The van der Waals surface area contributed by atoms with Gasteiger partial charge in [-0.05, 0) is 47.3 Å². The molecule has 2 heterocycles. The van der Waals surface area contributed by atoms with Gasteiger partial charge in [0.15, 0.2) is 11.0 Å². The fourth-order valence-electron chi connectivity index (χ4n) is 1.91. The summed E-state index contributed by atoms with van der Waals surface area (Å²) >= 11 is 4.89. The summed E-state index contributed by atoms with van der Waals surface area (Å²) in [7, 11) is 0. The van der Waals surface area contributed by atoms with Gasteiger partial charge in [0.25, 0.3) is 5.78 Å². The van der Waals surface area contributed by atoms with E-state index < -0.39 is 0 Å². The van der Waals surface area contributed by atoms with E-state index in [0.717, 1.165) is 15.8 Å². The van der Waals surface area contributed by atoms with Crippen LogP contribution in [0.5, 0.6) is 5.75 Å². The van der Waals surface area contributed by atoms with Crippen LogP contribution in [0.1, 0.15) is 6.92 Å². The molecule has 0 unspecified atom stereocenters. The maximum Gasteiger partial charge on any atom is 0.258 e. The molecule has 0 saturated heterocycles. The van der Waals surface area contributed by atoms with Crippen molar-refractivity contribution in [2.45, 2.75) is 12.1 Å². The van der Waals surface area contributed by atoms with Gasteiger partial charge in [0.05, 0.1) is 11.1 Å². The van der Waals surface area contributed by atoms with E-state index in [4.69, 9.17) is 10.5 Å². The number of nitrogens with zero attached hydrogens (tertiary/aromatic N) is 5. The zero-order chi connectivity index (χ0) is 15.7. The van der Waals surface area contributed by atoms with Crippen molar-refractivity contribution < 1.29 is 4.74 Å². The third-order valence-electron chi connectivity index (χ3n) is 2.89. The molecule has 0 bridgehead atoms. The van der Waals surface area contributed by atoms with Crippen LogP contribution in [0.3, 0.4) is 0 Å². The van der Waals surface area contributed by atoms with Crippen molar-refractivity contribution in [3.63, 3.8) is 0 Å². The zero-order valence-corrected chi connectivity index (χ0v) is 14.3. The van der Waals surface area contributed by atoms with E-state index in [2.05, 4.69) is 36.0 Å². The fraction of sp³-hybridized carbons (Fsp3) is 0.231. The third-order valence-corrected chi connectivity index (χ3v) is 4.05. The molecule has 22 heavy (non-hydrogen) atoms. The average molecular weight is 381 g/mol. The lowest BCUT2D eigenvalue weighted by molar-refractivity contribution is 0.338. The Morgan fingerprint density at radius 3 is 2.82 bits per heavy atom. The van der Waals surface area contributed by atoms with Crippen LogP contribution in [0.15, 0.2) is 27.8 Å². The van der Waals surface area contributed by atoms with Gasteiger partial charge in [0.2, 0.25) is 5.95 Å². The SMILES string of the molecule is CCOc1ccc(-c2nc3nc(SC)nc(N)n3n2)cc1Br. The second-order valence-electron chi connectivity index (χ2n) is 4.29. The van der Waals surface area contributed by atoms with Crippen LogP contribution in [-0.4, -0.2) is 37.4 Å². The number of halogens is 1. The van der Waals surface area contributed by atoms with Crippen LogP contribution >= 0.6 is 27.7 Å². The van der Waals surface area contributed by atoms with Crippen molar-refractivity contribution in [3.05, 3.63) is 22.7 Å². The minimum atomic E-state index is 0.262. The molecular weight excluding hydrogens is 368 g/mol. The van der Waals surface area contributed by atoms with Gasteiger partial charge >= 0.3 is 0 Å². The van der Waals surface area contributed by atoms with Gasteiger partial charge in [-0.2, -0.15) is 19.5 Å². The second kappa shape index (κ2) is 6.09. The Hall–Kier alpha value is -1.87. The molecule has 2 aromatic heterocycles. The number of aromatic nitrogens is 5. The summed E-state index contributed by atoms with van der Waals surface area (Å²) < 4.78 is 7.77. The van der Waals surface area contributed by atoms with E-state index >= 15 is 0 Å². The monoisotopic (exact) mass is 380 g/mol. The molecule has 0 radical (unpaired) electrons. The maximum absolute atomic E-state index is 5.88. The fourth-order valence-corrected chi connectivity index (χ4v) is 2.76. The van der Waals surface area contributed by atoms with Crippen molar-refractivity contribution in [2.24, 2.45) is 0 Å². The van der Waals surface area contributed by atoms with Crippen molar-refractivity contribution >= 4 is 39.4 Å². The summed E-state index contributed by atoms with van der Waals surface area (Å²) in [4.78, 5) is 12.9. The van der Waals surface area contributed by atoms with E-state index in [9.17, 15) is 0 Å². The van der Waals surface area contributed by atoms with Crippen LogP contribution in [0.4, 0.5) is 5.95 Å². The lowest BCUT2D eigenvalue weighted by atomic mass is 10.2. The molecule has 114 valence electrons. The summed E-state index contributed by atoms with van der Waals surface area (Å²) in [6.07, 6.45) is 1.88.